The Bertz CT molecular complexity index is 534. The van der Waals surface area contributed by atoms with Gasteiger partial charge < -0.3 is 9.84 Å². The number of rotatable bonds is 5. The van der Waals surface area contributed by atoms with Crippen molar-refractivity contribution in [1.29, 1.82) is 0 Å². The Morgan fingerprint density at radius 3 is 1.95 bits per heavy atom. The first-order chi connectivity index (χ1) is 8.48. The highest BCUT2D eigenvalue weighted by molar-refractivity contribution is 7.81. The predicted molar refractivity (Wildman–Crippen MR) is 54.8 cm³/mol. The van der Waals surface area contributed by atoms with Crippen molar-refractivity contribution in [2.75, 3.05) is 6.61 Å². The van der Waals surface area contributed by atoms with Crippen molar-refractivity contribution in [3.63, 3.8) is 0 Å². The summed E-state index contributed by atoms with van der Waals surface area (Å²) in [5.41, 5.74) is 0. The maximum atomic E-state index is 10.7. The Kier molecular flexibility index (Phi) is 4.83. The van der Waals surface area contributed by atoms with Gasteiger partial charge in [-0.1, -0.05) is 0 Å². The average molecular weight is 322 g/mol. The molecule has 0 saturated carbocycles. The first kappa shape index (κ1) is 16.2. The lowest BCUT2D eigenvalue weighted by Gasteiger charge is -2.31. The fourth-order valence-electron chi connectivity index (χ4n) is 1.42. The van der Waals surface area contributed by atoms with Crippen LogP contribution in [0.3, 0.4) is 0 Å². The van der Waals surface area contributed by atoms with Crippen molar-refractivity contribution in [2.45, 2.75) is 24.7 Å². The standard InChI is InChI=1S/C6H10O11S2/c7-6(8)4-1-3(16-18(9,10)11)5(2-15-4)17-19(12,13)14/h3-5H,1-2H2,(H,7,8)(H,9,10,11)(H,12,13,14). The molecule has 1 aliphatic heterocycles. The molecule has 3 atom stereocenters. The van der Waals surface area contributed by atoms with Crippen LogP contribution >= 0.6 is 0 Å². The summed E-state index contributed by atoms with van der Waals surface area (Å²) < 4.78 is 72.0. The van der Waals surface area contributed by atoms with Crippen LogP contribution in [0.4, 0.5) is 0 Å². The molecule has 0 spiro atoms. The Morgan fingerprint density at radius 1 is 1.05 bits per heavy atom. The zero-order valence-electron chi connectivity index (χ0n) is 9.07. The lowest BCUT2D eigenvalue weighted by molar-refractivity contribution is -0.164. The van der Waals surface area contributed by atoms with Crippen molar-refractivity contribution >= 4 is 26.8 Å². The third-order valence-electron chi connectivity index (χ3n) is 2.09. The van der Waals surface area contributed by atoms with Crippen molar-refractivity contribution in [3.05, 3.63) is 0 Å². The second kappa shape index (κ2) is 5.66. The Morgan fingerprint density at radius 2 is 1.53 bits per heavy atom. The van der Waals surface area contributed by atoms with Gasteiger partial charge in [-0.3, -0.25) is 9.11 Å². The van der Waals surface area contributed by atoms with E-state index in [9.17, 15) is 21.6 Å². The van der Waals surface area contributed by atoms with Crippen LogP contribution in [-0.2, 0) is 38.7 Å². The summed E-state index contributed by atoms with van der Waals surface area (Å²) >= 11 is 0. The lowest BCUT2D eigenvalue weighted by atomic mass is 10.0. The summed E-state index contributed by atoms with van der Waals surface area (Å²) in [4.78, 5) is 10.7. The van der Waals surface area contributed by atoms with Gasteiger partial charge in [-0.15, -0.1) is 0 Å². The zero-order valence-corrected chi connectivity index (χ0v) is 10.7. The third-order valence-corrected chi connectivity index (χ3v) is 3.07. The molecule has 0 aromatic carbocycles. The van der Waals surface area contributed by atoms with E-state index < -0.39 is 58.1 Å². The van der Waals surface area contributed by atoms with Crippen LogP contribution in [0.25, 0.3) is 0 Å². The monoisotopic (exact) mass is 322 g/mol. The van der Waals surface area contributed by atoms with Crippen molar-refractivity contribution in [1.82, 2.24) is 0 Å². The molecule has 0 amide bonds. The van der Waals surface area contributed by atoms with Crippen molar-refractivity contribution in [3.8, 4) is 0 Å². The molecule has 1 aliphatic rings. The molecule has 1 rings (SSSR count). The van der Waals surface area contributed by atoms with E-state index in [0.29, 0.717) is 0 Å². The number of carboxylic acids is 1. The fourth-order valence-corrected chi connectivity index (χ4v) is 2.43. The van der Waals surface area contributed by atoms with Crippen molar-refractivity contribution < 1.29 is 48.9 Å². The summed E-state index contributed by atoms with van der Waals surface area (Å²) in [5, 5.41) is 8.67. The average Bonchev–Trinajstić information content (AvgIpc) is 2.15. The van der Waals surface area contributed by atoms with E-state index in [-0.39, 0.29) is 0 Å². The zero-order chi connectivity index (χ0) is 14.8. The van der Waals surface area contributed by atoms with Gasteiger partial charge in [-0.05, 0) is 0 Å². The maximum Gasteiger partial charge on any atom is 0.397 e. The molecule has 1 heterocycles. The number of carboxylic acid groups (broad SMARTS) is 1. The molecule has 11 nitrogen and oxygen atoms in total. The van der Waals surface area contributed by atoms with Gasteiger partial charge in [-0.25, -0.2) is 13.2 Å². The van der Waals surface area contributed by atoms with Gasteiger partial charge in [0.1, 0.15) is 12.2 Å². The van der Waals surface area contributed by atoms with Gasteiger partial charge in [0.25, 0.3) is 0 Å². The van der Waals surface area contributed by atoms with Crippen molar-refractivity contribution in [2.24, 2.45) is 0 Å². The first-order valence-electron chi connectivity index (χ1n) is 4.64. The Hall–Kier alpha value is -0.830. The molecule has 0 aromatic heterocycles. The summed E-state index contributed by atoms with van der Waals surface area (Å²) in [7, 11) is -9.90. The molecule has 3 N–H and O–H groups in total. The van der Waals surface area contributed by atoms with Gasteiger partial charge in [0.05, 0.1) is 6.61 Å². The quantitative estimate of drug-likeness (QED) is 0.489. The van der Waals surface area contributed by atoms with Crippen LogP contribution < -0.4 is 0 Å². The van der Waals surface area contributed by atoms with Crippen LogP contribution in [-0.4, -0.2) is 61.9 Å². The van der Waals surface area contributed by atoms with E-state index in [1.165, 1.54) is 0 Å². The minimum Gasteiger partial charge on any atom is -0.479 e. The highest BCUT2D eigenvalue weighted by atomic mass is 32.3. The summed E-state index contributed by atoms with van der Waals surface area (Å²) in [5.74, 6) is -1.44. The van der Waals surface area contributed by atoms with Crippen LogP contribution in [0.5, 0.6) is 0 Å². The molecule has 0 bridgehead atoms. The molecule has 1 fully saturated rings. The predicted octanol–water partition coefficient (Wildman–Crippen LogP) is -1.76. The third kappa shape index (κ3) is 5.77. The Balaban J connectivity index is 2.87. The Labute approximate surface area is 108 Å². The normalized spacial score (nSPS) is 29.1. The number of hydrogen-bond acceptors (Lipinski definition) is 8. The second-order valence-electron chi connectivity index (χ2n) is 3.52. The molecule has 112 valence electrons. The molecule has 13 heteroatoms. The van der Waals surface area contributed by atoms with Crippen LogP contribution in [0, 0.1) is 0 Å². The van der Waals surface area contributed by atoms with E-state index >= 15 is 0 Å². The number of ether oxygens (including phenoxy) is 1. The molecule has 3 unspecified atom stereocenters. The van der Waals surface area contributed by atoms with E-state index in [4.69, 9.17) is 14.2 Å². The number of carbonyl (C=O) groups is 1. The highest BCUT2D eigenvalue weighted by Crippen LogP contribution is 2.22. The highest BCUT2D eigenvalue weighted by Gasteiger charge is 2.40. The maximum absolute atomic E-state index is 10.7. The number of aliphatic carboxylic acids is 1. The lowest BCUT2D eigenvalue weighted by Crippen LogP contribution is -2.48. The molecule has 0 radical (unpaired) electrons. The molecular weight excluding hydrogens is 312 g/mol. The van der Waals surface area contributed by atoms with Crippen LogP contribution in [0.2, 0.25) is 0 Å². The van der Waals surface area contributed by atoms with Gasteiger partial charge in [-0.2, -0.15) is 16.8 Å². The minimum absolute atomic E-state index is 0.602. The smallest absolute Gasteiger partial charge is 0.397 e. The van der Waals surface area contributed by atoms with Gasteiger partial charge in [0.2, 0.25) is 0 Å². The van der Waals surface area contributed by atoms with Gasteiger partial charge >= 0.3 is 26.8 Å². The fraction of sp³-hybridized carbons (Fsp3) is 0.833. The minimum atomic E-state index is -4.97. The van der Waals surface area contributed by atoms with E-state index in [2.05, 4.69) is 13.1 Å². The molecule has 0 aliphatic carbocycles. The van der Waals surface area contributed by atoms with E-state index in [1.54, 1.807) is 0 Å². The largest absolute Gasteiger partial charge is 0.479 e. The van der Waals surface area contributed by atoms with Crippen LogP contribution in [0.15, 0.2) is 0 Å². The summed E-state index contributed by atoms with van der Waals surface area (Å²) in [6.45, 7) is -0.670. The van der Waals surface area contributed by atoms with Gasteiger partial charge in [0, 0.05) is 6.42 Å². The molecule has 1 saturated heterocycles. The molecule has 0 aromatic rings. The summed E-state index contributed by atoms with van der Waals surface area (Å²) in [6, 6.07) is 0. The second-order valence-corrected chi connectivity index (χ2v) is 5.62. The SMILES string of the molecule is O=C(O)C1CC(OS(=O)(=O)O)C(OS(=O)(=O)O)CO1. The molecule has 19 heavy (non-hydrogen) atoms. The summed E-state index contributed by atoms with van der Waals surface area (Å²) in [6.07, 6.45) is -5.33. The van der Waals surface area contributed by atoms with E-state index in [1.807, 2.05) is 0 Å². The number of hydrogen-bond donors (Lipinski definition) is 3. The van der Waals surface area contributed by atoms with Crippen LogP contribution in [0.1, 0.15) is 6.42 Å². The molecular formula is C6H10O11S2. The topological polar surface area (TPSA) is 174 Å². The van der Waals surface area contributed by atoms with Gasteiger partial charge in [0.15, 0.2) is 6.10 Å². The first-order valence-corrected chi connectivity index (χ1v) is 7.37. The van der Waals surface area contributed by atoms with E-state index in [0.717, 1.165) is 0 Å².